The average Bonchev–Trinajstić information content (AvgIpc) is 2.33. The molecule has 2 N–H and O–H groups in total. The van der Waals surface area contributed by atoms with Crippen LogP contribution in [0.5, 0.6) is 0 Å². The van der Waals surface area contributed by atoms with E-state index in [0.717, 1.165) is 19.3 Å². The van der Waals surface area contributed by atoms with E-state index >= 15 is 0 Å². The minimum absolute atomic E-state index is 0.00193. The first-order valence-electron chi connectivity index (χ1n) is 6.39. The van der Waals surface area contributed by atoms with E-state index in [1.165, 1.54) is 0 Å². The van der Waals surface area contributed by atoms with E-state index in [4.69, 9.17) is 11.0 Å². The Kier molecular flexibility index (Phi) is 8.43. The molecule has 0 aromatic rings. The summed E-state index contributed by atoms with van der Waals surface area (Å²) in [7, 11) is 1.77. The summed E-state index contributed by atoms with van der Waals surface area (Å²) in [5, 5.41) is 8.59. The van der Waals surface area contributed by atoms with Gasteiger partial charge in [-0.25, -0.2) is 0 Å². The smallest absolute Gasteiger partial charge is 0.222 e. The van der Waals surface area contributed by atoms with Crippen molar-refractivity contribution in [3.05, 3.63) is 0 Å². The van der Waals surface area contributed by atoms with Gasteiger partial charge < -0.3 is 10.6 Å². The minimum atomic E-state index is 0.00193. The summed E-state index contributed by atoms with van der Waals surface area (Å²) in [4.78, 5) is 13.5. The normalized spacial score (nSPS) is 13.8. The van der Waals surface area contributed by atoms with Gasteiger partial charge in [-0.05, 0) is 32.2 Å². The minimum Gasteiger partial charge on any atom is -0.342 e. The van der Waals surface area contributed by atoms with Gasteiger partial charge in [0.05, 0.1) is 12.5 Å². The lowest BCUT2D eigenvalue weighted by molar-refractivity contribution is -0.131. The highest BCUT2D eigenvalue weighted by atomic mass is 16.2. The fourth-order valence-corrected chi connectivity index (χ4v) is 1.81. The molecule has 0 saturated carbocycles. The van der Waals surface area contributed by atoms with E-state index < -0.39 is 0 Å². The second kappa shape index (κ2) is 9.00. The van der Waals surface area contributed by atoms with Gasteiger partial charge in [0.2, 0.25) is 5.91 Å². The molecular formula is C13H25N3O. The molecule has 0 heterocycles. The number of amides is 1. The summed E-state index contributed by atoms with van der Waals surface area (Å²) >= 11 is 0. The molecule has 0 aromatic carbocycles. The van der Waals surface area contributed by atoms with Crippen molar-refractivity contribution in [3.8, 4) is 6.07 Å². The van der Waals surface area contributed by atoms with Crippen molar-refractivity contribution in [3.63, 3.8) is 0 Å². The molecule has 0 aliphatic rings. The highest BCUT2D eigenvalue weighted by Crippen LogP contribution is 2.16. The van der Waals surface area contributed by atoms with Gasteiger partial charge in [-0.15, -0.1) is 0 Å². The average molecular weight is 239 g/mol. The number of rotatable bonds is 8. The predicted octanol–water partition coefficient (Wildman–Crippen LogP) is 1.90. The van der Waals surface area contributed by atoms with Gasteiger partial charge >= 0.3 is 0 Å². The van der Waals surface area contributed by atoms with Crippen molar-refractivity contribution in [1.29, 1.82) is 5.26 Å². The van der Waals surface area contributed by atoms with Crippen LogP contribution in [0.3, 0.4) is 0 Å². The van der Waals surface area contributed by atoms with E-state index in [1.54, 1.807) is 11.9 Å². The Bertz CT molecular complexity index is 260. The topological polar surface area (TPSA) is 70.1 Å². The maximum atomic E-state index is 11.9. The Morgan fingerprint density at radius 2 is 2.12 bits per heavy atom. The number of carbonyl (C=O) groups excluding carboxylic acids is 1. The third-order valence-corrected chi connectivity index (χ3v) is 3.36. The Hall–Kier alpha value is -1.08. The lowest BCUT2D eigenvalue weighted by Gasteiger charge is -2.24. The molecule has 2 unspecified atom stereocenters. The number of nitrogens with zero attached hydrogens (tertiary/aromatic N) is 2. The molecule has 0 aromatic heterocycles. The van der Waals surface area contributed by atoms with Crippen LogP contribution < -0.4 is 5.73 Å². The fraction of sp³-hybridized carbons (Fsp3) is 0.846. The first-order valence-corrected chi connectivity index (χ1v) is 6.39. The molecule has 4 heteroatoms. The van der Waals surface area contributed by atoms with Gasteiger partial charge in [0, 0.05) is 19.5 Å². The molecule has 0 aliphatic heterocycles. The van der Waals surface area contributed by atoms with Gasteiger partial charge in [-0.3, -0.25) is 4.79 Å². The summed E-state index contributed by atoms with van der Waals surface area (Å²) in [6.45, 7) is 4.72. The van der Waals surface area contributed by atoms with Gasteiger partial charge in [-0.1, -0.05) is 13.3 Å². The first kappa shape index (κ1) is 15.9. The lowest BCUT2D eigenvalue weighted by Crippen LogP contribution is -2.34. The molecule has 2 atom stereocenters. The largest absolute Gasteiger partial charge is 0.342 e. The quantitative estimate of drug-likeness (QED) is 0.703. The molecule has 0 fully saturated rings. The van der Waals surface area contributed by atoms with Crippen LogP contribution in [-0.4, -0.2) is 30.4 Å². The van der Waals surface area contributed by atoms with Crippen LogP contribution in [0.4, 0.5) is 0 Å². The molecule has 4 nitrogen and oxygen atoms in total. The summed E-state index contributed by atoms with van der Waals surface area (Å²) in [6.07, 6.45) is 3.91. The van der Waals surface area contributed by atoms with Crippen LogP contribution >= 0.6 is 0 Å². The maximum absolute atomic E-state index is 11.9. The van der Waals surface area contributed by atoms with Crippen LogP contribution in [0.1, 0.15) is 46.0 Å². The zero-order chi connectivity index (χ0) is 13.3. The number of hydrogen-bond donors (Lipinski definition) is 1. The molecule has 0 rings (SSSR count). The highest BCUT2D eigenvalue weighted by molar-refractivity contribution is 5.76. The Morgan fingerprint density at radius 3 is 2.59 bits per heavy atom. The Labute approximate surface area is 105 Å². The second-order valence-corrected chi connectivity index (χ2v) is 4.61. The van der Waals surface area contributed by atoms with Crippen LogP contribution in [0.15, 0.2) is 0 Å². The van der Waals surface area contributed by atoms with Crippen molar-refractivity contribution in [1.82, 2.24) is 4.90 Å². The summed E-state index contributed by atoms with van der Waals surface area (Å²) in [6, 6.07) is 2.09. The van der Waals surface area contributed by atoms with Crippen LogP contribution in [0.2, 0.25) is 0 Å². The Morgan fingerprint density at radius 1 is 1.47 bits per heavy atom. The van der Waals surface area contributed by atoms with Gasteiger partial charge in [0.15, 0.2) is 0 Å². The molecular weight excluding hydrogens is 214 g/mol. The van der Waals surface area contributed by atoms with Crippen LogP contribution in [0, 0.1) is 17.2 Å². The van der Waals surface area contributed by atoms with Gasteiger partial charge in [0.25, 0.3) is 0 Å². The van der Waals surface area contributed by atoms with Crippen molar-refractivity contribution in [2.45, 2.75) is 52.0 Å². The van der Waals surface area contributed by atoms with Crippen LogP contribution in [0.25, 0.3) is 0 Å². The summed E-state index contributed by atoms with van der Waals surface area (Å²) in [5.74, 6) is 0.673. The van der Waals surface area contributed by atoms with Crippen molar-refractivity contribution >= 4 is 5.91 Å². The van der Waals surface area contributed by atoms with Crippen molar-refractivity contribution in [2.24, 2.45) is 11.7 Å². The van der Waals surface area contributed by atoms with Crippen LogP contribution in [-0.2, 0) is 4.79 Å². The van der Waals surface area contributed by atoms with Crippen molar-refractivity contribution in [2.75, 3.05) is 13.6 Å². The number of hydrogen-bond acceptors (Lipinski definition) is 3. The van der Waals surface area contributed by atoms with E-state index in [2.05, 4.69) is 13.0 Å². The second-order valence-electron chi connectivity index (χ2n) is 4.61. The molecule has 0 bridgehead atoms. The van der Waals surface area contributed by atoms with E-state index in [0.29, 0.717) is 25.3 Å². The third kappa shape index (κ3) is 6.28. The Balaban J connectivity index is 4.04. The first-order chi connectivity index (χ1) is 8.06. The van der Waals surface area contributed by atoms with E-state index in [9.17, 15) is 4.79 Å². The molecule has 0 saturated heterocycles. The number of nitriles is 1. The maximum Gasteiger partial charge on any atom is 0.222 e. The molecule has 1 amide bonds. The molecule has 98 valence electrons. The zero-order valence-corrected chi connectivity index (χ0v) is 11.3. The van der Waals surface area contributed by atoms with Gasteiger partial charge in [-0.2, -0.15) is 5.26 Å². The molecule has 0 aliphatic carbocycles. The van der Waals surface area contributed by atoms with E-state index in [-0.39, 0.29) is 11.9 Å². The SMILES string of the molecule is CCC(CCN)CCC(=O)N(C)C(C)CC#N. The monoisotopic (exact) mass is 239 g/mol. The zero-order valence-electron chi connectivity index (χ0n) is 11.3. The fourth-order valence-electron chi connectivity index (χ4n) is 1.81. The standard InChI is InChI=1S/C13H25N3O/c1-4-12(8-10-15)5-6-13(17)16(3)11(2)7-9-14/h11-12H,4-8,10,15H2,1-3H3. The number of carbonyl (C=O) groups is 1. The highest BCUT2D eigenvalue weighted by Gasteiger charge is 2.16. The van der Waals surface area contributed by atoms with Crippen molar-refractivity contribution < 1.29 is 4.79 Å². The van der Waals surface area contributed by atoms with Gasteiger partial charge in [0.1, 0.15) is 0 Å². The third-order valence-electron chi connectivity index (χ3n) is 3.36. The summed E-state index contributed by atoms with van der Waals surface area (Å²) in [5.41, 5.74) is 5.53. The molecule has 17 heavy (non-hydrogen) atoms. The number of nitrogens with two attached hydrogens (primary N) is 1. The predicted molar refractivity (Wildman–Crippen MR) is 69.1 cm³/mol. The molecule has 0 radical (unpaired) electrons. The van der Waals surface area contributed by atoms with E-state index in [1.807, 2.05) is 6.92 Å². The summed E-state index contributed by atoms with van der Waals surface area (Å²) < 4.78 is 0. The lowest BCUT2D eigenvalue weighted by atomic mass is 9.96. The molecule has 0 spiro atoms.